The Balaban J connectivity index is 1.59. The van der Waals surface area contributed by atoms with Crippen molar-refractivity contribution in [3.05, 3.63) is 29.8 Å². The molecule has 1 unspecified atom stereocenters. The van der Waals surface area contributed by atoms with Crippen molar-refractivity contribution in [3.8, 4) is 0 Å². The Morgan fingerprint density at radius 3 is 2.41 bits per heavy atom. The van der Waals surface area contributed by atoms with E-state index in [0.717, 1.165) is 43.5 Å². The van der Waals surface area contributed by atoms with Crippen LogP contribution in [0.4, 0.5) is 10.5 Å². The number of amides is 2. The number of benzene rings is 1. The SMILES string of the molecule is CC(C)(C)OC(=O)NCc1ccc(NC(=O)CCCCCCC2CO2)cc1. The topological polar surface area (TPSA) is 80.0 Å². The fourth-order valence-electron chi connectivity index (χ4n) is 2.66. The van der Waals surface area contributed by atoms with Gasteiger partial charge in [0.1, 0.15) is 5.60 Å². The molecule has 0 radical (unpaired) electrons. The lowest BCUT2D eigenvalue weighted by molar-refractivity contribution is -0.116. The number of epoxide rings is 1. The van der Waals surface area contributed by atoms with Crippen LogP contribution in [0.2, 0.25) is 0 Å². The van der Waals surface area contributed by atoms with Crippen molar-refractivity contribution in [1.29, 1.82) is 0 Å². The Morgan fingerprint density at radius 2 is 1.78 bits per heavy atom. The van der Waals surface area contributed by atoms with E-state index < -0.39 is 11.7 Å². The van der Waals surface area contributed by atoms with Crippen LogP contribution >= 0.6 is 0 Å². The summed E-state index contributed by atoms with van der Waals surface area (Å²) in [4.78, 5) is 23.6. The number of carbonyl (C=O) groups excluding carboxylic acids is 2. The summed E-state index contributed by atoms with van der Waals surface area (Å²) in [6.45, 7) is 6.79. The van der Waals surface area contributed by atoms with Gasteiger partial charge in [-0.15, -0.1) is 0 Å². The number of ether oxygens (including phenoxy) is 2. The molecule has 1 fully saturated rings. The molecule has 0 aromatic heterocycles. The first-order valence-corrected chi connectivity index (χ1v) is 9.79. The minimum atomic E-state index is -0.510. The van der Waals surface area contributed by atoms with Crippen LogP contribution < -0.4 is 10.6 Å². The molecule has 2 N–H and O–H groups in total. The van der Waals surface area contributed by atoms with Crippen LogP contribution in [-0.2, 0) is 20.8 Å². The molecule has 1 heterocycles. The van der Waals surface area contributed by atoms with Crippen molar-refractivity contribution in [3.63, 3.8) is 0 Å². The van der Waals surface area contributed by atoms with E-state index in [1.807, 2.05) is 45.0 Å². The van der Waals surface area contributed by atoms with E-state index in [9.17, 15) is 9.59 Å². The zero-order valence-corrected chi connectivity index (χ0v) is 16.7. The Hall–Kier alpha value is -2.08. The Morgan fingerprint density at radius 1 is 1.11 bits per heavy atom. The van der Waals surface area contributed by atoms with E-state index >= 15 is 0 Å². The normalized spacial score (nSPS) is 15.9. The van der Waals surface area contributed by atoms with Crippen molar-refractivity contribution < 1.29 is 19.1 Å². The minimum Gasteiger partial charge on any atom is -0.444 e. The second-order valence-corrected chi connectivity index (χ2v) is 8.01. The Bertz CT molecular complexity index is 604. The molecule has 6 heteroatoms. The molecule has 0 saturated carbocycles. The van der Waals surface area contributed by atoms with Gasteiger partial charge in [0, 0.05) is 18.7 Å². The summed E-state index contributed by atoms with van der Waals surface area (Å²) < 4.78 is 10.4. The van der Waals surface area contributed by atoms with E-state index in [2.05, 4.69) is 10.6 Å². The fourth-order valence-corrected chi connectivity index (χ4v) is 2.66. The number of rotatable bonds is 10. The summed E-state index contributed by atoms with van der Waals surface area (Å²) in [6, 6.07) is 7.46. The van der Waals surface area contributed by atoms with E-state index in [-0.39, 0.29) is 5.91 Å². The third kappa shape index (κ3) is 9.99. The van der Waals surface area contributed by atoms with Gasteiger partial charge in [0.25, 0.3) is 0 Å². The molecule has 1 aromatic rings. The first kappa shape index (κ1) is 21.2. The predicted molar refractivity (Wildman–Crippen MR) is 106 cm³/mol. The lowest BCUT2D eigenvalue weighted by atomic mass is 10.1. The zero-order valence-electron chi connectivity index (χ0n) is 16.7. The number of unbranched alkanes of at least 4 members (excludes halogenated alkanes) is 3. The molecule has 0 spiro atoms. The summed E-state index contributed by atoms with van der Waals surface area (Å²) in [7, 11) is 0. The van der Waals surface area contributed by atoms with Crippen molar-refractivity contribution in [1.82, 2.24) is 5.32 Å². The molecule has 1 atom stereocenters. The van der Waals surface area contributed by atoms with Gasteiger partial charge in [0.15, 0.2) is 0 Å². The van der Waals surface area contributed by atoms with Crippen molar-refractivity contribution >= 4 is 17.7 Å². The second kappa shape index (κ2) is 10.3. The number of anilines is 1. The molecule has 1 aromatic carbocycles. The molecule has 0 aliphatic carbocycles. The predicted octanol–water partition coefficient (Wildman–Crippen LogP) is 4.39. The first-order chi connectivity index (χ1) is 12.8. The molecular weight excluding hydrogens is 344 g/mol. The van der Waals surface area contributed by atoms with Gasteiger partial charge < -0.3 is 20.1 Å². The highest BCUT2D eigenvalue weighted by atomic mass is 16.6. The van der Waals surface area contributed by atoms with Gasteiger partial charge in [-0.1, -0.05) is 31.4 Å². The fraction of sp³-hybridized carbons (Fsp3) is 0.619. The third-order valence-electron chi connectivity index (χ3n) is 4.16. The Labute approximate surface area is 162 Å². The van der Waals surface area contributed by atoms with Crippen LogP contribution in [0.25, 0.3) is 0 Å². The van der Waals surface area contributed by atoms with Crippen molar-refractivity contribution in [2.45, 2.75) is 77.5 Å². The third-order valence-corrected chi connectivity index (χ3v) is 4.16. The van der Waals surface area contributed by atoms with Gasteiger partial charge in [-0.2, -0.15) is 0 Å². The van der Waals surface area contributed by atoms with Gasteiger partial charge in [-0.05, 0) is 51.3 Å². The number of hydrogen-bond acceptors (Lipinski definition) is 4. The van der Waals surface area contributed by atoms with Crippen LogP contribution in [0.5, 0.6) is 0 Å². The van der Waals surface area contributed by atoms with Gasteiger partial charge in [0.2, 0.25) is 5.91 Å². The van der Waals surface area contributed by atoms with Crippen LogP contribution in [0.3, 0.4) is 0 Å². The maximum absolute atomic E-state index is 12.0. The molecule has 2 amide bonds. The maximum Gasteiger partial charge on any atom is 0.407 e. The summed E-state index contributed by atoms with van der Waals surface area (Å²) in [5.74, 6) is 0.0418. The quantitative estimate of drug-likeness (QED) is 0.469. The number of carbonyl (C=O) groups is 2. The van der Waals surface area contributed by atoms with Gasteiger partial charge >= 0.3 is 6.09 Å². The molecule has 6 nitrogen and oxygen atoms in total. The van der Waals surface area contributed by atoms with E-state index in [1.54, 1.807) is 0 Å². The van der Waals surface area contributed by atoms with Crippen molar-refractivity contribution in [2.24, 2.45) is 0 Å². The first-order valence-electron chi connectivity index (χ1n) is 9.79. The summed E-state index contributed by atoms with van der Waals surface area (Å²) in [5, 5.41) is 5.63. The van der Waals surface area contributed by atoms with E-state index in [1.165, 1.54) is 6.42 Å². The van der Waals surface area contributed by atoms with Crippen LogP contribution in [0.15, 0.2) is 24.3 Å². The van der Waals surface area contributed by atoms with Gasteiger partial charge in [-0.3, -0.25) is 4.79 Å². The van der Waals surface area contributed by atoms with Crippen LogP contribution in [0.1, 0.15) is 64.9 Å². The van der Waals surface area contributed by atoms with Crippen molar-refractivity contribution in [2.75, 3.05) is 11.9 Å². The lowest BCUT2D eigenvalue weighted by Crippen LogP contribution is -2.32. The average Bonchev–Trinajstić information content (AvgIpc) is 3.40. The smallest absolute Gasteiger partial charge is 0.407 e. The molecular formula is C21H32N2O4. The summed E-state index contributed by atoms with van der Waals surface area (Å²) in [5.41, 5.74) is 1.20. The monoisotopic (exact) mass is 376 g/mol. The highest BCUT2D eigenvalue weighted by Gasteiger charge is 2.20. The van der Waals surface area contributed by atoms with Crippen LogP contribution in [0, 0.1) is 0 Å². The van der Waals surface area contributed by atoms with Crippen LogP contribution in [-0.4, -0.2) is 30.3 Å². The van der Waals surface area contributed by atoms with Gasteiger partial charge in [-0.25, -0.2) is 4.79 Å². The zero-order chi connectivity index (χ0) is 19.7. The molecule has 1 aliphatic heterocycles. The highest BCUT2D eigenvalue weighted by molar-refractivity contribution is 5.90. The Kier molecular flexibility index (Phi) is 8.10. The largest absolute Gasteiger partial charge is 0.444 e. The minimum absolute atomic E-state index is 0.0418. The second-order valence-electron chi connectivity index (χ2n) is 8.01. The van der Waals surface area contributed by atoms with Gasteiger partial charge in [0.05, 0.1) is 12.7 Å². The number of hydrogen-bond donors (Lipinski definition) is 2. The number of nitrogens with one attached hydrogen (secondary N) is 2. The molecule has 27 heavy (non-hydrogen) atoms. The van der Waals surface area contributed by atoms with E-state index in [4.69, 9.17) is 9.47 Å². The summed E-state index contributed by atoms with van der Waals surface area (Å²) in [6.07, 6.45) is 6.10. The maximum atomic E-state index is 12.0. The molecule has 150 valence electrons. The molecule has 2 rings (SSSR count). The highest BCUT2D eigenvalue weighted by Crippen LogP contribution is 2.18. The molecule has 0 bridgehead atoms. The average molecular weight is 376 g/mol. The standard InChI is InChI=1S/C21H32N2O4/c1-21(2,3)27-20(25)22-14-16-10-12-17(13-11-16)23-19(24)9-7-5-4-6-8-18-15-26-18/h10-13,18H,4-9,14-15H2,1-3H3,(H,22,25)(H,23,24). The lowest BCUT2D eigenvalue weighted by Gasteiger charge is -2.19. The molecule has 1 saturated heterocycles. The van der Waals surface area contributed by atoms with E-state index in [0.29, 0.717) is 19.1 Å². The number of alkyl carbamates (subject to hydrolysis) is 1. The molecule has 1 aliphatic rings. The summed E-state index contributed by atoms with van der Waals surface area (Å²) >= 11 is 0.